The molecule has 0 aromatic carbocycles. The summed E-state index contributed by atoms with van der Waals surface area (Å²) in [5, 5.41) is 8.89. The summed E-state index contributed by atoms with van der Waals surface area (Å²) >= 11 is 0. The van der Waals surface area contributed by atoms with Crippen LogP contribution in [-0.4, -0.2) is 27.3 Å². The molecule has 3 heterocycles. The number of hydrogen-bond donors (Lipinski definition) is 1. The minimum absolute atomic E-state index is 0.00744. The molecule has 1 N–H and O–H groups in total. The smallest absolute Gasteiger partial charge is 0.133 e. The van der Waals surface area contributed by atoms with E-state index in [0.29, 0.717) is 18.1 Å². The van der Waals surface area contributed by atoms with Crippen LogP contribution in [0.5, 0.6) is 0 Å². The number of nitrogens with zero attached hydrogens (tertiary/aromatic N) is 2. The fourth-order valence-corrected chi connectivity index (χ4v) is 2.55. The first kappa shape index (κ1) is 9.24. The van der Waals surface area contributed by atoms with Crippen molar-refractivity contribution in [1.82, 2.24) is 9.97 Å². The van der Waals surface area contributed by atoms with Crippen molar-refractivity contribution in [3.8, 4) is 0 Å². The normalized spacial score (nSPS) is 33.5. The van der Waals surface area contributed by atoms with Gasteiger partial charge in [0.1, 0.15) is 5.82 Å². The highest BCUT2D eigenvalue weighted by molar-refractivity contribution is 5.11. The van der Waals surface area contributed by atoms with E-state index in [2.05, 4.69) is 9.97 Å². The second kappa shape index (κ2) is 3.54. The van der Waals surface area contributed by atoms with Crippen molar-refractivity contribution in [1.29, 1.82) is 0 Å². The molecule has 0 amide bonds. The topological polar surface area (TPSA) is 55.2 Å². The van der Waals surface area contributed by atoms with Crippen LogP contribution in [0.25, 0.3) is 0 Å². The molecule has 2 bridgehead atoms. The van der Waals surface area contributed by atoms with Gasteiger partial charge in [-0.05, 0) is 19.3 Å². The van der Waals surface area contributed by atoms with Crippen LogP contribution in [-0.2, 0) is 11.3 Å². The zero-order valence-electron chi connectivity index (χ0n) is 8.47. The zero-order valence-corrected chi connectivity index (χ0v) is 8.47. The lowest BCUT2D eigenvalue weighted by molar-refractivity contribution is 0.0998. The molecule has 3 atom stereocenters. The van der Waals surface area contributed by atoms with E-state index in [-0.39, 0.29) is 6.61 Å². The maximum atomic E-state index is 8.89. The molecular formula is C11H14N2O2. The van der Waals surface area contributed by atoms with Gasteiger partial charge in [-0.1, -0.05) is 0 Å². The summed E-state index contributed by atoms with van der Waals surface area (Å²) in [7, 11) is 0. The van der Waals surface area contributed by atoms with Gasteiger partial charge in [-0.3, -0.25) is 0 Å². The van der Waals surface area contributed by atoms with E-state index in [1.165, 1.54) is 6.42 Å². The molecule has 1 aromatic heterocycles. The maximum Gasteiger partial charge on any atom is 0.133 e. The van der Waals surface area contributed by atoms with E-state index in [1.54, 1.807) is 12.4 Å². The Bertz CT molecular complexity index is 352. The fraction of sp³-hybridized carbons (Fsp3) is 0.636. The lowest BCUT2D eigenvalue weighted by Crippen LogP contribution is -2.17. The Labute approximate surface area is 88.3 Å². The van der Waals surface area contributed by atoms with Crippen molar-refractivity contribution in [2.24, 2.45) is 0 Å². The molecule has 2 aliphatic rings. The minimum Gasteiger partial charge on any atom is -0.392 e. The van der Waals surface area contributed by atoms with Crippen LogP contribution in [0.2, 0.25) is 0 Å². The predicted molar refractivity (Wildman–Crippen MR) is 53.2 cm³/mol. The van der Waals surface area contributed by atoms with Gasteiger partial charge in [0.15, 0.2) is 0 Å². The minimum atomic E-state index is 0.00744. The number of fused-ring (bicyclic) bond motifs is 2. The number of aromatic nitrogens is 2. The number of aliphatic hydroxyl groups excluding tert-OH is 1. The van der Waals surface area contributed by atoms with Crippen LogP contribution in [0.15, 0.2) is 12.4 Å². The third-order valence-electron chi connectivity index (χ3n) is 3.35. The van der Waals surface area contributed by atoms with Crippen LogP contribution in [0.3, 0.4) is 0 Å². The molecule has 0 radical (unpaired) electrons. The lowest BCUT2D eigenvalue weighted by atomic mass is 9.88. The Kier molecular flexibility index (Phi) is 2.18. The van der Waals surface area contributed by atoms with Crippen molar-refractivity contribution in [2.45, 2.75) is 44.0 Å². The largest absolute Gasteiger partial charge is 0.392 e. The summed E-state index contributed by atoms with van der Waals surface area (Å²) in [4.78, 5) is 8.60. The van der Waals surface area contributed by atoms with Gasteiger partial charge < -0.3 is 9.84 Å². The first-order valence-corrected chi connectivity index (χ1v) is 5.44. The summed E-state index contributed by atoms with van der Waals surface area (Å²) in [5.74, 6) is 1.25. The third-order valence-corrected chi connectivity index (χ3v) is 3.35. The van der Waals surface area contributed by atoms with Crippen LogP contribution < -0.4 is 0 Å². The van der Waals surface area contributed by atoms with E-state index in [0.717, 1.165) is 24.2 Å². The quantitative estimate of drug-likeness (QED) is 0.784. The molecule has 4 heteroatoms. The number of aliphatic hydroxyl groups is 1. The van der Waals surface area contributed by atoms with Crippen molar-refractivity contribution in [2.75, 3.05) is 0 Å². The first-order chi connectivity index (χ1) is 7.36. The SMILES string of the molecule is OCc1cnc(C2CC3CCC2O3)nc1. The highest BCUT2D eigenvalue weighted by Gasteiger charge is 2.42. The van der Waals surface area contributed by atoms with Crippen molar-refractivity contribution in [3.05, 3.63) is 23.8 Å². The molecular weight excluding hydrogens is 192 g/mol. The number of rotatable bonds is 2. The molecule has 0 saturated carbocycles. The molecule has 3 rings (SSSR count). The summed E-state index contributed by atoms with van der Waals surface area (Å²) in [6, 6.07) is 0. The Morgan fingerprint density at radius 2 is 2.13 bits per heavy atom. The molecule has 80 valence electrons. The predicted octanol–water partition coefficient (Wildman–Crippen LogP) is 1.00. The van der Waals surface area contributed by atoms with E-state index >= 15 is 0 Å². The fourth-order valence-electron chi connectivity index (χ4n) is 2.55. The Morgan fingerprint density at radius 3 is 2.67 bits per heavy atom. The summed E-state index contributed by atoms with van der Waals surface area (Å²) in [5.41, 5.74) is 0.767. The van der Waals surface area contributed by atoms with E-state index in [4.69, 9.17) is 9.84 Å². The van der Waals surface area contributed by atoms with Gasteiger partial charge in [0.2, 0.25) is 0 Å². The Morgan fingerprint density at radius 1 is 1.33 bits per heavy atom. The molecule has 0 spiro atoms. The van der Waals surface area contributed by atoms with Crippen LogP contribution in [0.4, 0.5) is 0 Å². The van der Waals surface area contributed by atoms with Crippen LogP contribution in [0.1, 0.15) is 36.6 Å². The highest BCUT2D eigenvalue weighted by atomic mass is 16.5. The molecule has 4 nitrogen and oxygen atoms in total. The molecule has 1 aromatic rings. The van der Waals surface area contributed by atoms with Gasteiger partial charge in [-0.25, -0.2) is 9.97 Å². The summed E-state index contributed by atoms with van der Waals surface area (Å²) < 4.78 is 5.77. The molecule has 2 fully saturated rings. The summed E-state index contributed by atoms with van der Waals surface area (Å²) in [6.07, 6.45) is 7.55. The molecule has 2 saturated heterocycles. The molecule has 2 aliphatic heterocycles. The highest BCUT2D eigenvalue weighted by Crippen LogP contribution is 2.43. The Hall–Kier alpha value is -1.00. The maximum absolute atomic E-state index is 8.89. The van der Waals surface area contributed by atoms with Gasteiger partial charge in [-0.15, -0.1) is 0 Å². The third kappa shape index (κ3) is 1.54. The first-order valence-electron chi connectivity index (χ1n) is 5.44. The van der Waals surface area contributed by atoms with Gasteiger partial charge in [0.05, 0.1) is 18.8 Å². The van der Waals surface area contributed by atoms with Crippen molar-refractivity contribution < 1.29 is 9.84 Å². The Balaban J connectivity index is 1.81. The monoisotopic (exact) mass is 206 g/mol. The number of ether oxygens (including phenoxy) is 1. The van der Waals surface area contributed by atoms with Crippen molar-refractivity contribution in [3.63, 3.8) is 0 Å². The lowest BCUT2D eigenvalue weighted by Gasteiger charge is -2.16. The van der Waals surface area contributed by atoms with E-state index in [1.807, 2.05) is 0 Å². The van der Waals surface area contributed by atoms with Gasteiger partial charge in [-0.2, -0.15) is 0 Å². The van der Waals surface area contributed by atoms with Gasteiger partial charge in [0.25, 0.3) is 0 Å². The molecule has 0 aliphatic carbocycles. The van der Waals surface area contributed by atoms with E-state index < -0.39 is 0 Å². The molecule has 3 unspecified atom stereocenters. The average Bonchev–Trinajstić information content (AvgIpc) is 2.91. The van der Waals surface area contributed by atoms with Crippen LogP contribution in [0, 0.1) is 0 Å². The standard InChI is InChI=1S/C11H14N2O2/c14-6-7-4-12-11(13-5-7)9-3-8-1-2-10(9)15-8/h4-5,8-10,14H,1-3,6H2. The molecule has 15 heavy (non-hydrogen) atoms. The van der Waals surface area contributed by atoms with Crippen molar-refractivity contribution >= 4 is 0 Å². The summed E-state index contributed by atoms with van der Waals surface area (Å²) in [6.45, 7) is 0.00744. The number of hydrogen-bond acceptors (Lipinski definition) is 4. The van der Waals surface area contributed by atoms with Gasteiger partial charge >= 0.3 is 0 Å². The second-order valence-corrected chi connectivity index (χ2v) is 4.32. The van der Waals surface area contributed by atoms with Gasteiger partial charge in [0, 0.05) is 23.9 Å². The second-order valence-electron chi connectivity index (χ2n) is 4.32. The average molecular weight is 206 g/mol. The van der Waals surface area contributed by atoms with Crippen LogP contribution >= 0.6 is 0 Å². The van der Waals surface area contributed by atoms with E-state index in [9.17, 15) is 0 Å². The zero-order chi connectivity index (χ0) is 10.3.